The summed E-state index contributed by atoms with van der Waals surface area (Å²) in [4.78, 5) is 26.7. The van der Waals surface area contributed by atoms with Crippen molar-refractivity contribution in [3.05, 3.63) is 0 Å². The Bertz CT molecular complexity index is 549. The van der Waals surface area contributed by atoms with Gasteiger partial charge in [0.2, 0.25) is 0 Å². The molecule has 4 fully saturated rings. The molecule has 0 amide bonds. The lowest BCUT2D eigenvalue weighted by Gasteiger charge is -2.63. The van der Waals surface area contributed by atoms with Crippen molar-refractivity contribution in [3.63, 3.8) is 0 Å². The molecular formula is C18H27NO4. The number of Topliss-reactive ketones (excluding diaryl/α,β-unsaturated/α-hetero) is 1. The van der Waals surface area contributed by atoms with Crippen molar-refractivity contribution in [3.8, 4) is 0 Å². The average Bonchev–Trinajstić information content (AvgIpc) is 2.74. The molecule has 1 N–H and O–H groups in total. The second-order valence-corrected chi connectivity index (χ2v) is 8.17. The number of hydrogen-bond acceptors (Lipinski definition) is 5. The van der Waals surface area contributed by atoms with Gasteiger partial charge in [0.25, 0.3) is 0 Å². The lowest BCUT2D eigenvalue weighted by atomic mass is 9.52. The second kappa shape index (κ2) is 5.03. The molecule has 0 aromatic rings. The van der Waals surface area contributed by atoms with E-state index in [2.05, 4.69) is 11.8 Å². The van der Waals surface area contributed by atoms with Crippen LogP contribution in [0.3, 0.4) is 0 Å². The van der Waals surface area contributed by atoms with E-state index in [0.717, 1.165) is 38.8 Å². The Morgan fingerprint density at radius 2 is 2.09 bits per heavy atom. The smallest absolute Gasteiger partial charge is 0.302 e. The normalized spacial score (nSPS) is 51.8. The summed E-state index contributed by atoms with van der Waals surface area (Å²) in [7, 11) is 0. The number of piperidine rings is 1. The van der Waals surface area contributed by atoms with Gasteiger partial charge in [0, 0.05) is 43.7 Å². The van der Waals surface area contributed by atoms with Crippen LogP contribution >= 0.6 is 0 Å². The fourth-order valence-electron chi connectivity index (χ4n) is 6.55. The highest BCUT2D eigenvalue weighted by Crippen LogP contribution is 2.67. The van der Waals surface area contributed by atoms with Crippen molar-refractivity contribution in [2.45, 2.75) is 64.2 Å². The van der Waals surface area contributed by atoms with E-state index in [0.29, 0.717) is 12.8 Å². The molecule has 5 nitrogen and oxygen atoms in total. The Morgan fingerprint density at radius 3 is 2.83 bits per heavy atom. The summed E-state index contributed by atoms with van der Waals surface area (Å²) in [5.41, 5.74) is -1.31. The van der Waals surface area contributed by atoms with Gasteiger partial charge in [-0.05, 0) is 38.0 Å². The van der Waals surface area contributed by atoms with E-state index in [1.807, 2.05) is 0 Å². The van der Waals surface area contributed by atoms with Crippen LogP contribution in [-0.4, -0.2) is 46.7 Å². The summed E-state index contributed by atoms with van der Waals surface area (Å²) in [6.45, 7) is 5.29. The molecule has 0 aromatic carbocycles. The van der Waals surface area contributed by atoms with Gasteiger partial charge < -0.3 is 9.84 Å². The van der Waals surface area contributed by atoms with Crippen LogP contribution < -0.4 is 0 Å². The molecule has 5 heteroatoms. The van der Waals surface area contributed by atoms with Crippen molar-refractivity contribution in [2.24, 2.45) is 23.2 Å². The molecule has 2 bridgehead atoms. The Morgan fingerprint density at radius 1 is 1.35 bits per heavy atom. The zero-order chi connectivity index (χ0) is 16.4. The number of hydrogen-bond donors (Lipinski definition) is 1. The number of rotatable bonds is 1. The van der Waals surface area contributed by atoms with Crippen molar-refractivity contribution >= 4 is 11.8 Å². The Hall–Kier alpha value is -0.940. The van der Waals surface area contributed by atoms with Gasteiger partial charge in [-0.1, -0.05) is 6.92 Å². The molecule has 2 saturated heterocycles. The number of esters is 1. The minimum Gasteiger partial charge on any atom is -0.462 e. The zero-order valence-electron chi connectivity index (χ0n) is 14.1. The maximum Gasteiger partial charge on any atom is 0.302 e. The predicted molar refractivity (Wildman–Crippen MR) is 83.4 cm³/mol. The first-order chi connectivity index (χ1) is 10.9. The molecule has 0 radical (unpaired) electrons. The van der Waals surface area contributed by atoms with E-state index in [4.69, 9.17) is 4.74 Å². The third-order valence-corrected chi connectivity index (χ3v) is 7.17. The number of ether oxygens (including phenoxy) is 1. The molecule has 1 unspecified atom stereocenters. The zero-order valence-corrected chi connectivity index (χ0v) is 14.1. The van der Waals surface area contributed by atoms with Gasteiger partial charge in [0.15, 0.2) is 0 Å². The van der Waals surface area contributed by atoms with E-state index >= 15 is 0 Å². The minimum absolute atomic E-state index is 0.0291. The van der Waals surface area contributed by atoms with Crippen molar-refractivity contribution < 1.29 is 19.4 Å². The maximum absolute atomic E-state index is 12.8. The third-order valence-electron chi connectivity index (χ3n) is 7.17. The Balaban J connectivity index is 1.85. The van der Waals surface area contributed by atoms with Crippen molar-refractivity contribution in [1.29, 1.82) is 0 Å². The van der Waals surface area contributed by atoms with Crippen LogP contribution in [0.1, 0.15) is 52.4 Å². The van der Waals surface area contributed by atoms with Crippen LogP contribution in [0, 0.1) is 23.2 Å². The first-order valence-corrected chi connectivity index (χ1v) is 9.07. The average molecular weight is 321 g/mol. The molecular weight excluding hydrogens is 294 g/mol. The molecule has 2 heterocycles. The number of nitrogens with zero attached hydrogens (tertiary/aromatic N) is 1. The summed E-state index contributed by atoms with van der Waals surface area (Å²) in [6, 6.07) is 0. The van der Waals surface area contributed by atoms with E-state index in [-0.39, 0.29) is 35.6 Å². The molecule has 2 aliphatic heterocycles. The van der Waals surface area contributed by atoms with Gasteiger partial charge in [0.1, 0.15) is 17.6 Å². The van der Waals surface area contributed by atoms with Crippen molar-refractivity contribution in [2.75, 3.05) is 13.1 Å². The topological polar surface area (TPSA) is 66.8 Å². The summed E-state index contributed by atoms with van der Waals surface area (Å²) in [5, 5.41) is 11.8. The summed E-state index contributed by atoms with van der Waals surface area (Å²) < 4.78 is 5.68. The third kappa shape index (κ3) is 1.86. The summed E-state index contributed by atoms with van der Waals surface area (Å²) in [6.07, 6.45) is 4.57. The Kier molecular flexibility index (Phi) is 3.40. The summed E-state index contributed by atoms with van der Waals surface area (Å²) >= 11 is 0. The number of carbonyl (C=O) groups is 2. The molecule has 128 valence electrons. The van der Waals surface area contributed by atoms with Gasteiger partial charge >= 0.3 is 5.97 Å². The van der Waals surface area contributed by atoms with Crippen LogP contribution in [-0.2, 0) is 14.3 Å². The van der Waals surface area contributed by atoms with E-state index in [1.54, 1.807) is 0 Å². The summed E-state index contributed by atoms with van der Waals surface area (Å²) in [5.74, 6) is -0.0107. The molecule has 4 rings (SSSR count). The predicted octanol–water partition coefficient (Wildman–Crippen LogP) is 1.73. The SMILES string of the molecule is CC(=O)O[C@H]1[C@H]2CC(=O)[C@H]3CCCN4CCC[C@@]32[C@@]4(O)C[C@@H]1C. The fraction of sp³-hybridized carbons (Fsp3) is 0.889. The van der Waals surface area contributed by atoms with E-state index in [9.17, 15) is 14.7 Å². The number of aliphatic hydroxyl groups is 1. The number of ketones is 1. The molecule has 2 aliphatic carbocycles. The minimum atomic E-state index is -0.903. The largest absolute Gasteiger partial charge is 0.462 e. The highest BCUT2D eigenvalue weighted by molar-refractivity contribution is 5.85. The lowest BCUT2D eigenvalue weighted by molar-refractivity contribution is -0.285. The van der Waals surface area contributed by atoms with Gasteiger partial charge in [-0.3, -0.25) is 14.5 Å². The first-order valence-electron chi connectivity index (χ1n) is 9.07. The van der Waals surface area contributed by atoms with Gasteiger partial charge in [-0.15, -0.1) is 0 Å². The van der Waals surface area contributed by atoms with E-state index < -0.39 is 11.1 Å². The molecule has 2 saturated carbocycles. The van der Waals surface area contributed by atoms with Gasteiger partial charge in [-0.25, -0.2) is 0 Å². The molecule has 0 aromatic heterocycles. The van der Waals surface area contributed by atoms with Crippen LogP contribution in [0.4, 0.5) is 0 Å². The van der Waals surface area contributed by atoms with E-state index in [1.165, 1.54) is 6.92 Å². The Labute approximate surface area is 137 Å². The highest BCUT2D eigenvalue weighted by atomic mass is 16.5. The first kappa shape index (κ1) is 15.6. The van der Waals surface area contributed by atoms with Gasteiger partial charge in [-0.2, -0.15) is 0 Å². The maximum atomic E-state index is 12.8. The molecule has 7 atom stereocenters. The molecule has 23 heavy (non-hydrogen) atoms. The molecule has 4 aliphatic rings. The fourth-order valence-corrected chi connectivity index (χ4v) is 6.55. The highest BCUT2D eigenvalue weighted by Gasteiger charge is 2.72. The number of carbonyl (C=O) groups excluding carboxylic acids is 2. The van der Waals surface area contributed by atoms with Crippen LogP contribution in [0.5, 0.6) is 0 Å². The molecule has 1 spiro atoms. The standard InChI is InChI=1S/C18H27NO4/c1-11-10-18(22)17-6-4-8-19(18)7-3-5-13(17)15(21)9-14(17)16(11)23-12(2)20/h11,13-14,16,22H,3-10H2,1-2H3/t11-,13+,14+,16+,17+,18-/m0/s1. The monoisotopic (exact) mass is 321 g/mol. The lowest BCUT2D eigenvalue weighted by Crippen LogP contribution is -2.71. The van der Waals surface area contributed by atoms with Crippen molar-refractivity contribution in [1.82, 2.24) is 4.90 Å². The second-order valence-electron chi connectivity index (χ2n) is 8.17. The van der Waals surface area contributed by atoms with Crippen LogP contribution in [0.25, 0.3) is 0 Å². The quantitative estimate of drug-likeness (QED) is 0.745. The van der Waals surface area contributed by atoms with Crippen LogP contribution in [0.2, 0.25) is 0 Å². The van der Waals surface area contributed by atoms with Crippen LogP contribution in [0.15, 0.2) is 0 Å². The van der Waals surface area contributed by atoms with Gasteiger partial charge in [0.05, 0.1) is 0 Å².